The molecule has 25 heavy (non-hydrogen) atoms. The SMILES string of the molecule is CCOC(=O)C1=C(CSc2nnc(C(F)(F)F)n2N)NC(=O)N[C@@H]1C. The van der Waals surface area contributed by atoms with Crippen LogP contribution in [0.4, 0.5) is 18.0 Å². The zero-order valence-electron chi connectivity index (χ0n) is 13.2. The van der Waals surface area contributed by atoms with Gasteiger partial charge in [-0.1, -0.05) is 11.8 Å². The minimum atomic E-state index is -4.74. The molecular weight excluding hydrogens is 365 g/mol. The lowest BCUT2D eigenvalue weighted by Gasteiger charge is -2.26. The van der Waals surface area contributed by atoms with E-state index < -0.39 is 30.0 Å². The van der Waals surface area contributed by atoms with Crippen molar-refractivity contribution in [3.8, 4) is 0 Å². The van der Waals surface area contributed by atoms with Gasteiger partial charge in [-0.15, -0.1) is 10.2 Å². The number of hydrogen-bond acceptors (Lipinski definition) is 7. The van der Waals surface area contributed by atoms with Crippen molar-refractivity contribution in [3.05, 3.63) is 17.1 Å². The monoisotopic (exact) mass is 380 g/mol. The fraction of sp³-hybridized carbons (Fsp3) is 0.500. The predicted molar refractivity (Wildman–Crippen MR) is 80.7 cm³/mol. The van der Waals surface area contributed by atoms with Crippen molar-refractivity contribution >= 4 is 23.8 Å². The molecule has 0 radical (unpaired) electrons. The molecule has 0 bridgehead atoms. The third kappa shape index (κ3) is 4.15. The van der Waals surface area contributed by atoms with Crippen LogP contribution in [0.15, 0.2) is 16.4 Å². The highest BCUT2D eigenvalue weighted by Crippen LogP contribution is 2.29. The van der Waals surface area contributed by atoms with Gasteiger partial charge in [-0.25, -0.2) is 14.3 Å². The van der Waals surface area contributed by atoms with Crippen LogP contribution in [0.3, 0.4) is 0 Å². The van der Waals surface area contributed by atoms with Crippen molar-refractivity contribution < 1.29 is 27.5 Å². The average Bonchev–Trinajstić information content (AvgIpc) is 2.85. The van der Waals surface area contributed by atoms with Crippen LogP contribution in [-0.2, 0) is 15.7 Å². The zero-order chi connectivity index (χ0) is 18.8. The molecular formula is C12H15F3N6O3S. The molecule has 1 aliphatic rings. The minimum Gasteiger partial charge on any atom is -0.463 e. The number of nitrogen functional groups attached to an aromatic ring is 1. The molecule has 2 amide bonds. The number of carbonyl (C=O) groups excluding carboxylic acids is 2. The topological polar surface area (TPSA) is 124 Å². The average molecular weight is 380 g/mol. The number of halogens is 3. The molecule has 2 rings (SSSR count). The van der Waals surface area contributed by atoms with E-state index in [1.165, 1.54) is 0 Å². The number of nitrogens with zero attached hydrogens (tertiary/aromatic N) is 3. The van der Waals surface area contributed by atoms with E-state index >= 15 is 0 Å². The van der Waals surface area contributed by atoms with E-state index in [9.17, 15) is 22.8 Å². The number of urea groups is 1. The van der Waals surface area contributed by atoms with E-state index in [1.807, 2.05) is 0 Å². The number of nitrogens with two attached hydrogens (primary N) is 1. The van der Waals surface area contributed by atoms with Crippen LogP contribution in [0.2, 0.25) is 0 Å². The molecule has 0 aromatic carbocycles. The summed E-state index contributed by atoms with van der Waals surface area (Å²) in [6.45, 7) is 3.35. The summed E-state index contributed by atoms with van der Waals surface area (Å²) in [5, 5.41) is 11.1. The van der Waals surface area contributed by atoms with Crippen LogP contribution in [0.5, 0.6) is 0 Å². The molecule has 13 heteroatoms. The molecule has 138 valence electrons. The molecule has 0 fully saturated rings. The maximum absolute atomic E-state index is 12.7. The summed E-state index contributed by atoms with van der Waals surface area (Å²) in [5.74, 6) is 3.30. The van der Waals surface area contributed by atoms with Crippen LogP contribution in [-0.4, -0.2) is 45.3 Å². The van der Waals surface area contributed by atoms with Gasteiger partial charge in [0.15, 0.2) is 0 Å². The Hall–Kier alpha value is -2.44. The van der Waals surface area contributed by atoms with E-state index in [2.05, 4.69) is 20.8 Å². The second-order valence-corrected chi connectivity index (χ2v) is 5.84. The highest BCUT2D eigenvalue weighted by molar-refractivity contribution is 7.99. The minimum absolute atomic E-state index is 0.0565. The van der Waals surface area contributed by atoms with E-state index in [1.54, 1.807) is 13.8 Å². The van der Waals surface area contributed by atoms with Crippen molar-refractivity contribution in [1.82, 2.24) is 25.5 Å². The number of esters is 1. The van der Waals surface area contributed by atoms with Gasteiger partial charge in [0.2, 0.25) is 5.16 Å². The van der Waals surface area contributed by atoms with E-state index in [0.717, 1.165) is 11.8 Å². The molecule has 0 unspecified atom stereocenters. The summed E-state index contributed by atoms with van der Waals surface area (Å²) in [7, 11) is 0. The quantitative estimate of drug-likeness (QED) is 0.389. The summed E-state index contributed by atoms with van der Waals surface area (Å²) in [4.78, 5) is 23.7. The normalized spacial score (nSPS) is 18.0. The first-order valence-electron chi connectivity index (χ1n) is 7.03. The first-order valence-corrected chi connectivity index (χ1v) is 8.01. The molecule has 9 nitrogen and oxygen atoms in total. The highest BCUT2D eigenvalue weighted by Gasteiger charge is 2.38. The van der Waals surface area contributed by atoms with Crippen LogP contribution >= 0.6 is 11.8 Å². The van der Waals surface area contributed by atoms with Gasteiger partial charge in [0, 0.05) is 11.4 Å². The van der Waals surface area contributed by atoms with Crippen LogP contribution in [0.1, 0.15) is 19.7 Å². The second-order valence-electron chi connectivity index (χ2n) is 4.90. The molecule has 1 aromatic heterocycles. The van der Waals surface area contributed by atoms with Gasteiger partial charge >= 0.3 is 18.2 Å². The van der Waals surface area contributed by atoms with Crippen LogP contribution in [0, 0.1) is 0 Å². The summed E-state index contributed by atoms with van der Waals surface area (Å²) in [6.07, 6.45) is -4.74. The molecule has 0 aliphatic carbocycles. The number of amides is 2. The third-order valence-electron chi connectivity index (χ3n) is 3.13. The van der Waals surface area contributed by atoms with Crippen molar-refractivity contribution in [2.75, 3.05) is 18.2 Å². The number of rotatable bonds is 5. The standard InChI is InChI=1S/C12H15F3N6O3S/c1-3-24-8(22)7-5(2)17-10(23)18-6(7)4-25-11-20-19-9(21(11)16)12(13,14)15/h5H,3-4,16H2,1-2H3,(H2,17,18,23)/t5-/m1/s1. The Morgan fingerprint density at radius 1 is 1.44 bits per heavy atom. The number of alkyl halides is 3. The van der Waals surface area contributed by atoms with Crippen molar-refractivity contribution in [1.29, 1.82) is 0 Å². The molecule has 1 atom stereocenters. The van der Waals surface area contributed by atoms with Crippen molar-refractivity contribution in [2.24, 2.45) is 0 Å². The number of ether oxygens (including phenoxy) is 1. The van der Waals surface area contributed by atoms with Gasteiger partial charge in [0.1, 0.15) is 0 Å². The summed E-state index contributed by atoms with van der Waals surface area (Å²) in [6, 6.07) is -1.16. The van der Waals surface area contributed by atoms with Crippen molar-refractivity contribution in [2.45, 2.75) is 31.2 Å². The number of nitrogens with one attached hydrogen (secondary N) is 2. The molecule has 0 saturated carbocycles. The molecule has 1 aromatic rings. The molecule has 2 heterocycles. The molecule has 0 saturated heterocycles. The summed E-state index contributed by atoms with van der Waals surface area (Å²) >= 11 is 0.790. The summed E-state index contributed by atoms with van der Waals surface area (Å²) in [5.41, 5.74) is 0.379. The molecule has 0 spiro atoms. The Kier molecular flexibility index (Phi) is 5.45. The Morgan fingerprint density at radius 3 is 2.68 bits per heavy atom. The van der Waals surface area contributed by atoms with Crippen LogP contribution < -0.4 is 16.5 Å². The first-order chi connectivity index (χ1) is 11.6. The van der Waals surface area contributed by atoms with E-state index in [4.69, 9.17) is 10.6 Å². The lowest BCUT2D eigenvalue weighted by molar-refractivity contribution is -0.146. The van der Waals surface area contributed by atoms with E-state index in [0.29, 0.717) is 4.68 Å². The smallest absolute Gasteiger partial charge is 0.453 e. The van der Waals surface area contributed by atoms with Crippen LogP contribution in [0.25, 0.3) is 0 Å². The molecule has 1 aliphatic heterocycles. The Bertz CT molecular complexity index is 717. The zero-order valence-corrected chi connectivity index (χ0v) is 14.0. The lowest BCUT2D eigenvalue weighted by Crippen LogP contribution is -2.49. The molecule has 4 N–H and O–H groups in total. The van der Waals surface area contributed by atoms with Gasteiger partial charge in [-0.05, 0) is 13.8 Å². The van der Waals surface area contributed by atoms with Gasteiger partial charge in [-0.3, -0.25) is 0 Å². The van der Waals surface area contributed by atoms with E-state index in [-0.39, 0.29) is 28.8 Å². The second kappa shape index (κ2) is 7.21. The Labute approximate surface area is 144 Å². The van der Waals surface area contributed by atoms with Gasteiger partial charge in [0.25, 0.3) is 5.82 Å². The highest BCUT2D eigenvalue weighted by atomic mass is 32.2. The maximum atomic E-state index is 12.7. The summed E-state index contributed by atoms with van der Waals surface area (Å²) < 4.78 is 43.2. The maximum Gasteiger partial charge on any atom is 0.453 e. The largest absolute Gasteiger partial charge is 0.463 e. The lowest BCUT2D eigenvalue weighted by atomic mass is 10.1. The number of thioether (sulfide) groups is 1. The Balaban J connectivity index is 2.24. The Morgan fingerprint density at radius 2 is 2.12 bits per heavy atom. The van der Waals surface area contributed by atoms with Crippen molar-refractivity contribution in [3.63, 3.8) is 0 Å². The van der Waals surface area contributed by atoms with Gasteiger partial charge < -0.3 is 21.2 Å². The number of carbonyl (C=O) groups is 2. The van der Waals surface area contributed by atoms with Gasteiger partial charge in [-0.2, -0.15) is 13.2 Å². The van der Waals surface area contributed by atoms with Gasteiger partial charge in [0.05, 0.1) is 18.2 Å². The fourth-order valence-corrected chi connectivity index (χ4v) is 2.92. The predicted octanol–water partition coefficient (Wildman–Crippen LogP) is 0.621. The number of hydrogen-bond donors (Lipinski definition) is 3. The first kappa shape index (κ1) is 18.9. The fourth-order valence-electron chi connectivity index (χ4n) is 2.10. The third-order valence-corrected chi connectivity index (χ3v) is 4.10. The number of aromatic nitrogens is 3.